The number of hydrogen-bond acceptors (Lipinski definition) is 4. The summed E-state index contributed by atoms with van der Waals surface area (Å²) in [5, 5.41) is 1.38. The van der Waals surface area contributed by atoms with E-state index >= 15 is 0 Å². The first kappa shape index (κ1) is 15.7. The van der Waals surface area contributed by atoms with E-state index in [0.29, 0.717) is 22.3 Å². The lowest BCUT2D eigenvalue weighted by Gasteiger charge is -2.11. The molecule has 0 aliphatic heterocycles. The van der Waals surface area contributed by atoms with Crippen molar-refractivity contribution in [3.8, 4) is 5.75 Å². The van der Waals surface area contributed by atoms with Crippen LogP contribution in [0.5, 0.6) is 5.75 Å². The molecule has 0 fully saturated rings. The van der Waals surface area contributed by atoms with Crippen LogP contribution >= 0.6 is 0 Å². The molecule has 0 saturated carbocycles. The lowest BCUT2D eigenvalue weighted by molar-refractivity contribution is 0.0527. The van der Waals surface area contributed by atoms with Gasteiger partial charge in [0, 0.05) is 5.39 Å². The summed E-state index contributed by atoms with van der Waals surface area (Å²) in [5.74, 6) is -0.571. The van der Waals surface area contributed by atoms with Gasteiger partial charge >= 0.3 is 11.9 Å². The number of rotatable bonds is 4. The van der Waals surface area contributed by atoms with Gasteiger partial charge in [0.2, 0.25) is 0 Å². The molecule has 0 bridgehead atoms. The second-order valence-corrected chi connectivity index (χ2v) is 5.14. The quantitative estimate of drug-likeness (QED) is 0.533. The van der Waals surface area contributed by atoms with Crippen molar-refractivity contribution < 1.29 is 19.1 Å². The Morgan fingerprint density at radius 1 is 0.833 bits per heavy atom. The SMILES string of the molecule is CCOC(=O)c1cccc2cccc(OC(=O)c3ccccc3)c12. The van der Waals surface area contributed by atoms with E-state index in [1.807, 2.05) is 18.2 Å². The maximum absolute atomic E-state index is 12.3. The van der Waals surface area contributed by atoms with Crippen molar-refractivity contribution in [1.29, 1.82) is 0 Å². The van der Waals surface area contributed by atoms with Gasteiger partial charge in [-0.1, -0.05) is 42.5 Å². The maximum Gasteiger partial charge on any atom is 0.343 e. The fourth-order valence-corrected chi connectivity index (χ4v) is 2.50. The molecule has 0 saturated heterocycles. The summed E-state index contributed by atoms with van der Waals surface area (Å²) in [4.78, 5) is 24.5. The molecule has 4 heteroatoms. The number of benzene rings is 3. The molecular weight excluding hydrogens is 304 g/mol. The molecule has 3 aromatic carbocycles. The number of esters is 2. The molecular formula is C20H16O4. The fraction of sp³-hybridized carbons (Fsp3) is 0.100. The van der Waals surface area contributed by atoms with Gasteiger partial charge in [0.1, 0.15) is 5.75 Å². The topological polar surface area (TPSA) is 52.6 Å². The van der Waals surface area contributed by atoms with Gasteiger partial charge in [0.15, 0.2) is 0 Å². The number of carbonyl (C=O) groups is 2. The Morgan fingerprint density at radius 3 is 2.25 bits per heavy atom. The standard InChI is InChI=1S/C20H16O4/c1-2-23-20(22)16-12-6-10-14-11-7-13-17(18(14)16)24-19(21)15-8-4-3-5-9-15/h3-13H,2H2,1H3. The van der Waals surface area contributed by atoms with Crippen LogP contribution in [-0.2, 0) is 4.74 Å². The summed E-state index contributed by atoms with van der Waals surface area (Å²) < 4.78 is 10.6. The van der Waals surface area contributed by atoms with Crippen LogP contribution in [0.2, 0.25) is 0 Å². The smallest absolute Gasteiger partial charge is 0.343 e. The summed E-state index contributed by atoms with van der Waals surface area (Å²) in [7, 11) is 0. The van der Waals surface area contributed by atoms with Gasteiger partial charge in [-0.15, -0.1) is 0 Å². The van der Waals surface area contributed by atoms with Crippen LogP contribution in [0.3, 0.4) is 0 Å². The molecule has 0 heterocycles. The van der Waals surface area contributed by atoms with E-state index in [1.54, 1.807) is 55.5 Å². The third kappa shape index (κ3) is 3.13. The highest BCUT2D eigenvalue weighted by Gasteiger charge is 2.17. The van der Waals surface area contributed by atoms with Gasteiger partial charge in [-0.05, 0) is 36.6 Å². The van der Waals surface area contributed by atoms with Gasteiger partial charge in [-0.25, -0.2) is 9.59 Å². The van der Waals surface area contributed by atoms with E-state index in [4.69, 9.17) is 9.47 Å². The highest BCUT2D eigenvalue weighted by molar-refractivity contribution is 6.08. The van der Waals surface area contributed by atoms with Crippen molar-refractivity contribution in [2.45, 2.75) is 6.92 Å². The monoisotopic (exact) mass is 320 g/mol. The number of ether oxygens (including phenoxy) is 2. The third-order valence-corrected chi connectivity index (χ3v) is 3.57. The number of fused-ring (bicyclic) bond motifs is 1. The minimum absolute atomic E-state index is 0.279. The zero-order valence-electron chi connectivity index (χ0n) is 13.2. The normalized spacial score (nSPS) is 10.4. The Bertz CT molecular complexity index is 879. The van der Waals surface area contributed by atoms with Gasteiger partial charge < -0.3 is 9.47 Å². The Hall–Kier alpha value is -3.14. The van der Waals surface area contributed by atoms with Crippen LogP contribution in [-0.4, -0.2) is 18.5 Å². The van der Waals surface area contributed by atoms with E-state index in [2.05, 4.69) is 0 Å². The molecule has 0 N–H and O–H groups in total. The van der Waals surface area contributed by atoms with E-state index in [-0.39, 0.29) is 6.61 Å². The Morgan fingerprint density at radius 2 is 1.54 bits per heavy atom. The zero-order chi connectivity index (χ0) is 16.9. The maximum atomic E-state index is 12.3. The van der Waals surface area contributed by atoms with Gasteiger partial charge in [0.25, 0.3) is 0 Å². The lowest BCUT2D eigenvalue weighted by Crippen LogP contribution is -2.10. The van der Waals surface area contributed by atoms with E-state index < -0.39 is 11.9 Å². The average Bonchev–Trinajstić information content (AvgIpc) is 2.62. The first-order valence-corrected chi connectivity index (χ1v) is 7.67. The second kappa shape index (κ2) is 6.96. The van der Waals surface area contributed by atoms with Crippen molar-refractivity contribution in [1.82, 2.24) is 0 Å². The van der Waals surface area contributed by atoms with Crippen LogP contribution in [0.15, 0.2) is 66.7 Å². The molecule has 24 heavy (non-hydrogen) atoms. The Kier molecular flexibility index (Phi) is 4.57. The first-order chi connectivity index (χ1) is 11.7. The molecule has 0 aromatic heterocycles. The highest BCUT2D eigenvalue weighted by Crippen LogP contribution is 2.30. The summed E-state index contributed by atoms with van der Waals surface area (Å²) in [6, 6.07) is 19.3. The average molecular weight is 320 g/mol. The van der Waals surface area contributed by atoms with Crippen LogP contribution in [0.4, 0.5) is 0 Å². The first-order valence-electron chi connectivity index (χ1n) is 7.67. The van der Waals surface area contributed by atoms with E-state index in [0.717, 1.165) is 5.39 Å². The van der Waals surface area contributed by atoms with Crippen molar-refractivity contribution in [2.24, 2.45) is 0 Å². The number of hydrogen-bond donors (Lipinski definition) is 0. The van der Waals surface area contributed by atoms with Crippen molar-refractivity contribution in [2.75, 3.05) is 6.61 Å². The van der Waals surface area contributed by atoms with Crippen molar-refractivity contribution >= 4 is 22.7 Å². The highest BCUT2D eigenvalue weighted by atomic mass is 16.5. The zero-order valence-corrected chi connectivity index (χ0v) is 13.2. The Labute approximate surface area is 139 Å². The van der Waals surface area contributed by atoms with E-state index in [1.165, 1.54) is 0 Å². The molecule has 0 spiro atoms. The minimum Gasteiger partial charge on any atom is -0.462 e. The third-order valence-electron chi connectivity index (χ3n) is 3.57. The predicted molar refractivity (Wildman–Crippen MR) is 91.3 cm³/mol. The molecule has 4 nitrogen and oxygen atoms in total. The van der Waals surface area contributed by atoms with Crippen LogP contribution < -0.4 is 4.74 Å². The van der Waals surface area contributed by atoms with Crippen molar-refractivity contribution in [3.05, 3.63) is 77.9 Å². The summed E-state index contributed by atoms with van der Waals surface area (Å²) >= 11 is 0. The lowest BCUT2D eigenvalue weighted by atomic mass is 10.0. The molecule has 0 aliphatic carbocycles. The summed E-state index contributed by atoms with van der Waals surface area (Å²) in [6.07, 6.45) is 0. The molecule has 0 amide bonds. The molecule has 120 valence electrons. The van der Waals surface area contributed by atoms with E-state index in [9.17, 15) is 9.59 Å². The van der Waals surface area contributed by atoms with Gasteiger partial charge in [0.05, 0.1) is 17.7 Å². The van der Waals surface area contributed by atoms with Crippen molar-refractivity contribution in [3.63, 3.8) is 0 Å². The summed E-state index contributed by atoms with van der Waals surface area (Å²) in [5.41, 5.74) is 0.828. The molecule has 0 unspecified atom stereocenters. The fourth-order valence-electron chi connectivity index (χ4n) is 2.50. The Balaban J connectivity index is 2.05. The molecule has 0 atom stereocenters. The molecule has 3 aromatic rings. The van der Waals surface area contributed by atoms with Crippen LogP contribution in [0.1, 0.15) is 27.6 Å². The molecule has 3 rings (SSSR count). The minimum atomic E-state index is -0.471. The molecule has 0 aliphatic rings. The van der Waals surface area contributed by atoms with Crippen LogP contribution in [0.25, 0.3) is 10.8 Å². The summed E-state index contributed by atoms with van der Waals surface area (Å²) in [6.45, 7) is 2.03. The largest absolute Gasteiger partial charge is 0.462 e. The van der Waals surface area contributed by atoms with Crippen LogP contribution in [0, 0.1) is 0 Å². The van der Waals surface area contributed by atoms with Gasteiger partial charge in [-0.2, -0.15) is 0 Å². The predicted octanol–water partition coefficient (Wildman–Crippen LogP) is 4.24. The second-order valence-electron chi connectivity index (χ2n) is 5.14. The molecule has 0 radical (unpaired) electrons. The number of carbonyl (C=O) groups excluding carboxylic acids is 2. The van der Waals surface area contributed by atoms with Gasteiger partial charge in [-0.3, -0.25) is 0 Å².